The molecule has 0 spiro atoms. The van der Waals surface area contributed by atoms with Gasteiger partial charge < -0.3 is 4.90 Å². The van der Waals surface area contributed by atoms with E-state index in [4.69, 9.17) is 0 Å². The van der Waals surface area contributed by atoms with E-state index in [1.807, 2.05) is 4.90 Å². The van der Waals surface area contributed by atoms with E-state index >= 15 is 0 Å². The lowest BCUT2D eigenvalue weighted by molar-refractivity contribution is -0.130. The zero-order chi connectivity index (χ0) is 18.0. The van der Waals surface area contributed by atoms with Crippen molar-refractivity contribution in [3.05, 3.63) is 28.8 Å². The van der Waals surface area contributed by atoms with Crippen LogP contribution >= 0.6 is 11.8 Å². The molecule has 25 heavy (non-hydrogen) atoms. The van der Waals surface area contributed by atoms with Gasteiger partial charge in [-0.1, -0.05) is 36.4 Å². The maximum absolute atomic E-state index is 12.5. The Kier molecular flexibility index (Phi) is 5.42. The first-order chi connectivity index (χ1) is 12.0. The van der Waals surface area contributed by atoms with Crippen LogP contribution in [0.2, 0.25) is 0 Å². The molecule has 1 unspecified atom stereocenters. The molecule has 1 atom stereocenters. The summed E-state index contributed by atoms with van der Waals surface area (Å²) in [6, 6.07) is 4.25. The van der Waals surface area contributed by atoms with Crippen molar-refractivity contribution in [2.45, 2.75) is 45.7 Å². The van der Waals surface area contributed by atoms with E-state index in [1.54, 1.807) is 4.68 Å². The van der Waals surface area contributed by atoms with E-state index in [9.17, 15) is 4.79 Å². The van der Waals surface area contributed by atoms with Crippen molar-refractivity contribution in [3.8, 4) is 5.69 Å². The average Bonchev–Trinajstić information content (AvgIpc) is 3.00. The van der Waals surface area contributed by atoms with Crippen molar-refractivity contribution in [1.82, 2.24) is 25.1 Å². The van der Waals surface area contributed by atoms with Crippen LogP contribution in [0.5, 0.6) is 0 Å². The highest BCUT2D eigenvalue weighted by Gasteiger charge is 2.22. The highest BCUT2D eigenvalue weighted by atomic mass is 32.2. The number of benzene rings is 1. The van der Waals surface area contributed by atoms with Gasteiger partial charge in [-0.15, -0.1) is 5.10 Å². The summed E-state index contributed by atoms with van der Waals surface area (Å²) in [6.07, 6.45) is 2.30. The number of tetrazole rings is 1. The Morgan fingerprint density at radius 2 is 2.00 bits per heavy atom. The molecule has 2 aromatic rings. The third kappa shape index (κ3) is 4.03. The van der Waals surface area contributed by atoms with E-state index in [1.165, 1.54) is 23.7 Å². The molecule has 1 aromatic heterocycles. The predicted octanol–water partition coefficient (Wildman–Crippen LogP) is 2.94. The molecule has 3 rings (SSSR count). The maximum Gasteiger partial charge on any atom is 0.233 e. The molecule has 0 bridgehead atoms. The van der Waals surface area contributed by atoms with Gasteiger partial charge in [0.1, 0.15) is 0 Å². The molecule has 1 fully saturated rings. The van der Waals surface area contributed by atoms with E-state index in [0.717, 1.165) is 36.3 Å². The van der Waals surface area contributed by atoms with Crippen LogP contribution < -0.4 is 0 Å². The molecule has 7 heteroatoms. The van der Waals surface area contributed by atoms with E-state index in [0.29, 0.717) is 16.8 Å². The molecule has 1 amide bonds. The van der Waals surface area contributed by atoms with Gasteiger partial charge in [0.15, 0.2) is 0 Å². The lowest BCUT2D eigenvalue weighted by atomic mass is 10.0. The molecule has 1 aliphatic rings. The number of hydrogen-bond acceptors (Lipinski definition) is 5. The second-order valence-corrected chi connectivity index (χ2v) is 7.94. The van der Waals surface area contributed by atoms with E-state index in [-0.39, 0.29) is 5.91 Å². The molecular formula is C18H25N5OS. The number of aryl methyl sites for hydroxylation is 3. The number of thioether (sulfide) groups is 1. The number of carbonyl (C=O) groups excluding carboxylic acids is 1. The van der Waals surface area contributed by atoms with Crippen LogP contribution in [0.3, 0.4) is 0 Å². The monoisotopic (exact) mass is 359 g/mol. The van der Waals surface area contributed by atoms with Gasteiger partial charge in [0.25, 0.3) is 0 Å². The second-order valence-electron chi connectivity index (χ2n) is 7.00. The van der Waals surface area contributed by atoms with E-state index in [2.05, 4.69) is 55.4 Å². The van der Waals surface area contributed by atoms with E-state index < -0.39 is 0 Å². The first-order valence-corrected chi connectivity index (χ1v) is 9.71. The SMILES string of the molecule is Cc1cc(C)c(-n2nnnc2SCC(=O)N2CCCC(C)C2)c(C)c1. The highest BCUT2D eigenvalue weighted by molar-refractivity contribution is 7.99. The van der Waals surface area contributed by atoms with Gasteiger partial charge in [0, 0.05) is 13.1 Å². The van der Waals surface area contributed by atoms with Gasteiger partial charge in [-0.3, -0.25) is 4.79 Å². The van der Waals surface area contributed by atoms with Crippen LogP contribution in [0.15, 0.2) is 17.3 Å². The zero-order valence-electron chi connectivity index (χ0n) is 15.3. The fourth-order valence-electron chi connectivity index (χ4n) is 3.55. The molecule has 6 nitrogen and oxygen atoms in total. The van der Waals surface area contributed by atoms with Crippen molar-refractivity contribution in [1.29, 1.82) is 0 Å². The predicted molar refractivity (Wildman–Crippen MR) is 99.1 cm³/mol. The smallest absolute Gasteiger partial charge is 0.233 e. The van der Waals surface area contributed by atoms with Gasteiger partial charge in [0.05, 0.1) is 11.4 Å². The van der Waals surface area contributed by atoms with Gasteiger partial charge in [-0.05, 0) is 61.1 Å². The normalized spacial score (nSPS) is 17.8. The Hall–Kier alpha value is -1.89. The lowest BCUT2D eigenvalue weighted by Crippen LogP contribution is -2.40. The standard InChI is InChI=1S/C18H25N5OS/c1-12-6-5-7-22(10-12)16(24)11-25-18-19-20-21-23(18)17-14(3)8-13(2)9-15(17)4/h8-9,12H,5-7,10-11H2,1-4H3. The molecule has 0 N–H and O–H groups in total. The number of amides is 1. The first kappa shape index (κ1) is 17.9. The third-order valence-corrected chi connectivity index (χ3v) is 5.53. The number of piperidine rings is 1. The summed E-state index contributed by atoms with van der Waals surface area (Å²) >= 11 is 1.41. The number of carbonyl (C=O) groups is 1. The fourth-order valence-corrected chi connectivity index (χ4v) is 4.33. The minimum Gasteiger partial charge on any atom is -0.342 e. The molecule has 1 aliphatic heterocycles. The van der Waals surface area contributed by atoms with Gasteiger partial charge in [0.2, 0.25) is 11.1 Å². The van der Waals surface area contributed by atoms with Crippen LogP contribution in [0, 0.1) is 26.7 Å². The van der Waals surface area contributed by atoms with Gasteiger partial charge >= 0.3 is 0 Å². The number of hydrogen-bond donors (Lipinski definition) is 0. The van der Waals surface area contributed by atoms with Gasteiger partial charge in [-0.25, -0.2) is 0 Å². The van der Waals surface area contributed by atoms with Crippen LogP contribution in [0.4, 0.5) is 0 Å². The molecule has 134 valence electrons. The Morgan fingerprint density at radius 3 is 2.68 bits per heavy atom. The maximum atomic E-state index is 12.5. The first-order valence-electron chi connectivity index (χ1n) is 8.73. The summed E-state index contributed by atoms with van der Waals surface area (Å²) in [4.78, 5) is 14.5. The Bertz CT molecular complexity index is 750. The topological polar surface area (TPSA) is 63.9 Å². The molecule has 1 saturated heterocycles. The second kappa shape index (κ2) is 7.56. The highest BCUT2D eigenvalue weighted by Crippen LogP contribution is 2.25. The van der Waals surface area contributed by atoms with Gasteiger partial charge in [-0.2, -0.15) is 4.68 Å². The largest absolute Gasteiger partial charge is 0.342 e. The minimum absolute atomic E-state index is 0.170. The van der Waals surface area contributed by atoms with Crippen molar-refractivity contribution in [2.24, 2.45) is 5.92 Å². The summed E-state index contributed by atoms with van der Waals surface area (Å²) in [5, 5.41) is 12.8. The molecule has 0 radical (unpaired) electrons. The number of rotatable bonds is 4. The van der Waals surface area contributed by atoms with Crippen LogP contribution in [-0.4, -0.2) is 49.9 Å². The van der Waals surface area contributed by atoms with Crippen molar-refractivity contribution in [3.63, 3.8) is 0 Å². The number of nitrogens with zero attached hydrogens (tertiary/aromatic N) is 5. The Morgan fingerprint density at radius 1 is 1.28 bits per heavy atom. The summed E-state index contributed by atoms with van der Waals surface area (Å²) in [5.41, 5.74) is 4.47. The quantitative estimate of drug-likeness (QED) is 0.786. The van der Waals surface area contributed by atoms with Crippen molar-refractivity contribution < 1.29 is 4.79 Å². The molecule has 0 saturated carbocycles. The van der Waals surface area contributed by atoms with Crippen molar-refractivity contribution >= 4 is 17.7 Å². The summed E-state index contributed by atoms with van der Waals surface area (Å²) in [7, 11) is 0. The lowest BCUT2D eigenvalue weighted by Gasteiger charge is -2.30. The Balaban J connectivity index is 1.74. The molecule has 1 aromatic carbocycles. The number of aromatic nitrogens is 4. The fraction of sp³-hybridized carbons (Fsp3) is 0.556. The molecule has 2 heterocycles. The zero-order valence-corrected chi connectivity index (χ0v) is 16.1. The van der Waals surface area contributed by atoms with Crippen LogP contribution in [0.1, 0.15) is 36.5 Å². The molecule has 0 aliphatic carbocycles. The Labute approximate surface area is 153 Å². The number of likely N-dealkylation sites (tertiary alicyclic amines) is 1. The minimum atomic E-state index is 0.170. The van der Waals surface area contributed by atoms with Crippen LogP contribution in [-0.2, 0) is 4.79 Å². The average molecular weight is 359 g/mol. The third-order valence-electron chi connectivity index (χ3n) is 4.62. The summed E-state index contributed by atoms with van der Waals surface area (Å²) in [5.74, 6) is 1.13. The summed E-state index contributed by atoms with van der Waals surface area (Å²) < 4.78 is 1.75. The summed E-state index contributed by atoms with van der Waals surface area (Å²) in [6.45, 7) is 10.1. The molecular weight excluding hydrogens is 334 g/mol. The van der Waals surface area contributed by atoms with Crippen LogP contribution in [0.25, 0.3) is 5.69 Å². The van der Waals surface area contributed by atoms with Crippen molar-refractivity contribution in [2.75, 3.05) is 18.8 Å².